The summed E-state index contributed by atoms with van der Waals surface area (Å²) in [5.74, 6) is 0.815. The third kappa shape index (κ3) is 5.76. The van der Waals surface area contributed by atoms with Crippen molar-refractivity contribution in [1.29, 1.82) is 0 Å². The lowest BCUT2D eigenvalue weighted by Gasteiger charge is -2.15. The molecule has 0 saturated carbocycles. The zero-order valence-corrected chi connectivity index (χ0v) is 16.9. The van der Waals surface area contributed by atoms with E-state index in [-0.39, 0.29) is 19.1 Å². The van der Waals surface area contributed by atoms with E-state index in [2.05, 4.69) is 0 Å². The van der Waals surface area contributed by atoms with Gasteiger partial charge in [0.25, 0.3) is 0 Å². The summed E-state index contributed by atoms with van der Waals surface area (Å²) in [6, 6.07) is 15.0. The largest absolute Gasteiger partial charge is 0.490 e. The third-order valence-electron chi connectivity index (χ3n) is 4.49. The van der Waals surface area contributed by atoms with Crippen molar-refractivity contribution in [3.63, 3.8) is 0 Å². The van der Waals surface area contributed by atoms with Crippen molar-refractivity contribution < 1.29 is 19.1 Å². The second kappa shape index (κ2) is 10.2. The van der Waals surface area contributed by atoms with E-state index in [4.69, 9.17) is 9.47 Å². The topological polar surface area (TPSA) is 55.8 Å². The summed E-state index contributed by atoms with van der Waals surface area (Å²) in [7, 11) is 0. The van der Waals surface area contributed by atoms with E-state index >= 15 is 0 Å². The first-order valence-corrected chi connectivity index (χ1v) is 10.5. The molecule has 6 heteroatoms. The van der Waals surface area contributed by atoms with Gasteiger partial charge in [0.15, 0.2) is 0 Å². The minimum atomic E-state index is -0.399. The van der Waals surface area contributed by atoms with Crippen LogP contribution in [0.5, 0.6) is 5.75 Å². The Morgan fingerprint density at radius 2 is 1.82 bits per heavy atom. The SMILES string of the molecule is Cc1cccc(OCCOC(=O)c2ccccc2SCC(=O)N2CCCC2)c1. The number of carbonyl (C=O) groups is 2. The highest BCUT2D eigenvalue weighted by Gasteiger charge is 2.19. The summed E-state index contributed by atoms with van der Waals surface area (Å²) in [6.07, 6.45) is 2.15. The number of nitrogens with zero attached hydrogens (tertiary/aromatic N) is 1. The van der Waals surface area contributed by atoms with E-state index in [1.165, 1.54) is 11.8 Å². The van der Waals surface area contributed by atoms with E-state index in [1.54, 1.807) is 12.1 Å². The van der Waals surface area contributed by atoms with Crippen molar-refractivity contribution in [3.05, 3.63) is 59.7 Å². The predicted molar refractivity (Wildman–Crippen MR) is 110 cm³/mol. The second-order valence-corrected chi connectivity index (χ2v) is 7.69. The molecule has 0 unspecified atom stereocenters. The van der Waals surface area contributed by atoms with Crippen LogP contribution in [-0.4, -0.2) is 48.8 Å². The van der Waals surface area contributed by atoms with Gasteiger partial charge in [-0.15, -0.1) is 11.8 Å². The number of rotatable bonds is 8. The Morgan fingerprint density at radius 3 is 2.61 bits per heavy atom. The fraction of sp³-hybridized carbons (Fsp3) is 0.364. The van der Waals surface area contributed by atoms with Crippen molar-refractivity contribution in [3.8, 4) is 5.75 Å². The van der Waals surface area contributed by atoms with Gasteiger partial charge in [-0.1, -0.05) is 24.3 Å². The molecule has 3 rings (SSSR count). The number of hydrogen-bond donors (Lipinski definition) is 0. The molecule has 1 aliphatic heterocycles. The van der Waals surface area contributed by atoms with Crippen LogP contribution < -0.4 is 4.74 Å². The molecular weight excluding hydrogens is 374 g/mol. The molecule has 1 saturated heterocycles. The van der Waals surface area contributed by atoms with Crippen molar-refractivity contribution in [1.82, 2.24) is 4.90 Å². The number of aryl methyl sites for hydroxylation is 1. The first-order valence-electron chi connectivity index (χ1n) is 9.49. The van der Waals surface area contributed by atoms with Gasteiger partial charge in [-0.25, -0.2) is 4.79 Å². The van der Waals surface area contributed by atoms with Crippen LogP contribution >= 0.6 is 11.8 Å². The minimum Gasteiger partial charge on any atom is -0.490 e. The molecule has 0 radical (unpaired) electrons. The van der Waals surface area contributed by atoms with Crippen LogP contribution in [0.15, 0.2) is 53.4 Å². The van der Waals surface area contributed by atoms with Crippen LogP contribution in [0.25, 0.3) is 0 Å². The van der Waals surface area contributed by atoms with E-state index < -0.39 is 5.97 Å². The van der Waals surface area contributed by atoms with Crippen LogP contribution in [0.1, 0.15) is 28.8 Å². The Morgan fingerprint density at radius 1 is 1.04 bits per heavy atom. The number of benzene rings is 2. The Hall–Kier alpha value is -2.47. The average molecular weight is 400 g/mol. The number of ether oxygens (including phenoxy) is 2. The number of esters is 1. The lowest BCUT2D eigenvalue weighted by atomic mass is 10.2. The number of likely N-dealkylation sites (tertiary alicyclic amines) is 1. The maximum atomic E-state index is 12.4. The van der Waals surface area contributed by atoms with Gasteiger partial charge in [-0.3, -0.25) is 4.79 Å². The standard InChI is InChI=1S/C22H25NO4S/c1-17-7-6-8-18(15-17)26-13-14-27-22(25)19-9-2-3-10-20(19)28-16-21(24)23-11-4-5-12-23/h2-3,6-10,15H,4-5,11-14,16H2,1H3. The summed E-state index contributed by atoms with van der Waals surface area (Å²) in [6.45, 7) is 4.13. The summed E-state index contributed by atoms with van der Waals surface area (Å²) < 4.78 is 11.0. The number of carbonyl (C=O) groups excluding carboxylic acids is 2. The number of amides is 1. The van der Waals surface area contributed by atoms with Crippen LogP contribution in [0.3, 0.4) is 0 Å². The van der Waals surface area contributed by atoms with Gasteiger partial charge in [-0.05, 0) is 49.6 Å². The predicted octanol–water partition coefficient (Wildman–Crippen LogP) is 3.95. The number of thioether (sulfide) groups is 1. The van der Waals surface area contributed by atoms with Crippen molar-refractivity contribution in [2.75, 3.05) is 32.1 Å². The molecule has 2 aromatic carbocycles. The van der Waals surface area contributed by atoms with E-state index in [9.17, 15) is 9.59 Å². The maximum absolute atomic E-state index is 12.4. The summed E-state index contributed by atoms with van der Waals surface area (Å²) in [5, 5.41) is 0. The molecule has 0 aliphatic carbocycles. The smallest absolute Gasteiger partial charge is 0.339 e. The Kier molecular flexibility index (Phi) is 7.37. The van der Waals surface area contributed by atoms with Gasteiger partial charge in [-0.2, -0.15) is 0 Å². The van der Waals surface area contributed by atoms with Crippen molar-refractivity contribution >= 4 is 23.6 Å². The van der Waals surface area contributed by atoms with Gasteiger partial charge in [0, 0.05) is 18.0 Å². The molecule has 0 atom stereocenters. The molecule has 1 fully saturated rings. The van der Waals surface area contributed by atoms with E-state index in [1.807, 2.05) is 48.2 Å². The zero-order chi connectivity index (χ0) is 19.8. The second-order valence-electron chi connectivity index (χ2n) is 6.67. The van der Waals surface area contributed by atoms with Gasteiger partial charge in [0.2, 0.25) is 5.91 Å². The molecule has 1 aliphatic rings. The molecule has 2 aromatic rings. The molecule has 0 N–H and O–H groups in total. The van der Waals surface area contributed by atoms with Gasteiger partial charge in [0.1, 0.15) is 19.0 Å². The van der Waals surface area contributed by atoms with Gasteiger partial charge in [0.05, 0.1) is 11.3 Å². The quantitative estimate of drug-likeness (QED) is 0.382. The van der Waals surface area contributed by atoms with Crippen LogP contribution in [0, 0.1) is 6.92 Å². The molecule has 0 aromatic heterocycles. The van der Waals surface area contributed by atoms with Gasteiger partial charge < -0.3 is 14.4 Å². The molecule has 5 nitrogen and oxygen atoms in total. The van der Waals surface area contributed by atoms with Crippen LogP contribution in [0.2, 0.25) is 0 Å². The lowest BCUT2D eigenvalue weighted by molar-refractivity contribution is -0.127. The number of hydrogen-bond acceptors (Lipinski definition) is 5. The average Bonchev–Trinajstić information content (AvgIpc) is 3.24. The Labute approximate surface area is 170 Å². The van der Waals surface area contributed by atoms with E-state index in [0.29, 0.717) is 11.3 Å². The fourth-order valence-corrected chi connectivity index (χ4v) is 3.98. The molecule has 28 heavy (non-hydrogen) atoms. The minimum absolute atomic E-state index is 0.122. The first kappa shape index (κ1) is 20.3. The molecular formula is C22H25NO4S. The van der Waals surface area contributed by atoms with Crippen molar-refractivity contribution in [2.24, 2.45) is 0 Å². The lowest BCUT2D eigenvalue weighted by Crippen LogP contribution is -2.29. The molecule has 148 valence electrons. The zero-order valence-electron chi connectivity index (χ0n) is 16.1. The molecule has 0 spiro atoms. The van der Waals surface area contributed by atoms with Crippen molar-refractivity contribution in [2.45, 2.75) is 24.7 Å². The maximum Gasteiger partial charge on any atom is 0.339 e. The molecule has 1 amide bonds. The Bertz CT molecular complexity index is 818. The Balaban J connectivity index is 1.48. The van der Waals surface area contributed by atoms with Crippen LogP contribution in [-0.2, 0) is 9.53 Å². The highest BCUT2D eigenvalue weighted by atomic mass is 32.2. The summed E-state index contributed by atoms with van der Waals surface area (Å²) in [4.78, 5) is 27.3. The summed E-state index contributed by atoms with van der Waals surface area (Å²) in [5.41, 5.74) is 1.60. The van der Waals surface area contributed by atoms with E-state index in [0.717, 1.165) is 42.1 Å². The first-order chi connectivity index (χ1) is 13.6. The molecule has 1 heterocycles. The van der Waals surface area contributed by atoms with Crippen LogP contribution in [0.4, 0.5) is 0 Å². The fourth-order valence-electron chi connectivity index (χ4n) is 3.04. The summed E-state index contributed by atoms with van der Waals surface area (Å²) >= 11 is 1.38. The highest BCUT2D eigenvalue weighted by molar-refractivity contribution is 8.00. The monoisotopic (exact) mass is 399 g/mol. The highest BCUT2D eigenvalue weighted by Crippen LogP contribution is 2.24. The molecule has 0 bridgehead atoms. The van der Waals surface area contributed by atoms with Gasteiger partial charge >= 0.3 is 5.97 Å². The normalized spacial score (nSPS) is 13.4. The third-order valence-corrected chi connectivity index (χ3v) is 5.55.